The van der Waals surface area contributed by atoms with Crippen molar-refractivity contribution in [1.82, 2.24) is 14.9 Å². The lowest BCUT2D eigenvalue weighted by atomic mass is 9.82. The molecule has 1 fully saturated rings. The fourth-order valence-corrected chi connectivity index (χ4v) is 3.43. The highest BCUT2D eigenvalue weighted by Gasteiger charge is 2.37. The van der Waals surface area contributed by atoms with Crippen molar-refractivity contribution in [3.8, 4) is 11.3 Å². The maximum atomic E-state index is 12.7. The van der Waals surface area contributed by atoms with E-state index in [0.717, 1.165) is 22.3 Å². The smallest absolute Gasteiger partial charge is 0.411 e. The van der Waals surface area contributed by atoms with Crippen molar-refractivity contribution in [3.63, 3.8) is 0 Å². The minimum absolute atomic E-state index is 0.224. The van der Waals surface area contributed by atoms with Crippen LogP contribution in [-0.2, 0) is 9.39 Å². The number of carbonyl (C=O) groups is 1. The number of aromatic amines is 1. The van der Waals surface area contributed by atoms with Gasteiger partial charge in [0.2, 0.25) is 0 Å². The van der Waals surface area contributed by atoms with Crippen LogP contribution >= 0.6 is 0 Å². The molecule has 2 N–H and O–H groups in total. The number of aliphatic hydroxyl groups is 1. The van der Waals surface area contributed by atoms with Crippen LogP contribution in [0.2, 0.25) is 0 Å². The van der Waals surface area contributed by atoms with Crippen LogP contribution in [0.25, 0.3) is 11.3 Å². The van der Waals surface area contributed by atoms with E-state index in [1.165, 1.54) is 0 Å². The highest BCUT2D eigenvalue weighted by Crippen LogP contribution is 2.35. The summed E-state index contributed by atoms with van der Waals surface area (Å²) >= 11 is 0. The molecule has 1 aromatic heterocycles. The molecule has 8 heteroatoms. The maximum Gasteiger partial charge on any atom is 0.411 e. The Kier molecular flexibility index (Phi) is 6.83. The van der Waals surface area contributed by atoms with Gasteiger partial charge in [-0.05, 0) is 60.5 Å². The molecule has 0 bridgehead atoms. The van der Waals surface area contributed by atoms with Crippen molar-refractivity contribution >= 4 is 19.0 Å². The summed E-state index contributed by atoms with van der Waals surface area (Å²) in [6, 6.07) is 7.79. The number of hydrogen-bond donors (Lipinski definition) is 2. The molecule has 0 aliphatic carbocycles. The molecule has 0 unspecified atom stereocenters. The minimum atomic E-state index is -0.946. The van der Waals surface area contributed by atoms with Gasteiger partial charge in [-0.15, -0.1) is 0 Å². The molecule has 1 aromatic carbocycles. The average Bonchev–Trinajstić information content (AvgIpc) is 3.31. The summed E-state index contributed by atoms with van der Waals surface area (Å²) in [6.07, 6.45) is 2.08. The molecule has 7 nitrogen and oxygen atoms in total. The zero-order valence-electron chi connectivity index (χ0n) is 20.9. The van der Waals surface area contributed by atoms with E-state index in [1.807, 2.05) is 58.9 Å². The Morgan fingerprint density at radius 3 is 2.39 bits per heavy atom. The summed E-state index contributed by atoms with van der Waals surface area (Å²) in [4.78, 5) is 22.3. The molecule has 1 saturated heterocycles. The third-order valence-corrected chi connectivity index (χ3v) is 6.13. The number of amides is 1. The van der Waals surface area contributed by atoms with E-state index in [9.17, 15) is 9.90 Å². The molecule has 0 radical (unpaired) electrons. The summed E-state index contributed by atoms with van der Waals surface area (Å²) in [5, 5.41) is 10.3. The first-order valence-corrected chi connectivity index (χ1v) is 11.3. The molecule has 1 atom stereocenters. The SMILES string of the molecule is C=C1C[C@@H](c2ncc(-c3ccc(BOC(C)(C)C(C)(C)O)cc3)[nH]2)N(C(=O)OC(C)(C)C)C1. The second-order valence-electron chi connectivity index (χ2n) is 10.8. The molecule has 2 aromatic rings. The minimum Gasteiger partial charge on any atom is -0.444 e. The van der Waals surface area contributed by atoms with Gasteiger partial charge in [0.05, 0.1) is 29.1 Å². The molecule has 1 aliphatic rings. The average molecular weight is 453 g/mol. The molecular weight excluding hydrogens is 417 g/mol. The molecule has 178 valence electrons. The van der Waals surface area contributed by atoms with Gasteiger partial charge in [0.1, 0.15) is 11.4 Å². The predicted octanol–water partition coefficient (Wildman–Crippen LogP) is 3.86. The van der Waals surface area contributed by atoms with E-state index < -0.39 is 16.8 Å². The zero-order valence-corrected chi connectivity index (χ0v) is 20.9. The molecule has 2 heterocycles. The summed E-state index contributed by atoms with van der Waals surface area (Å²) in [7, 11) is 0.403. The van der Waals surface area contributed by atoms with Crippen LogP contribution in [0, 0.1) is 0 Å². The molecule has 1 aliphatic heterocycles. The van der Waals surface area contributed by atoms with Crippen LogP contribution in [-0.4, -0.2) is 56.9 Å². The molecule has 33 heavy (non-hydrogen) atoms. The highest BCUT2D eigenvalue weighted by atomic mass is 16.6. The summed E-state index contributed by atoms with van der Waals surface area (Å²) in [5.41, 5.74) is 1.66. The summed E-state index contributed by atoms with van der Waals surface area (Å²) < 4.78 is 11.5. The number of imidazole rings is 1. The Hall–Kier alpha value is -2.58. The van der Waals surface area contributed by atoms with Gasteiger partial charge in [-0.1, -0.05) is 41.9 Å². The fraction of sp³-hybridized carbons (Fsp3) is 0.520. The number of H-pyrrole nitrogens is 1. The van der Waals surface area contributed by atoms with Gasteiger partial charge in [-0.2, -0.15) is 0 Å². The van der Waals surface area contributed by atoms with Gasteiger partial charge in [-0.25, -0.2) is 9.78 Å². The Morgan fingerprint density at radius 1 is 1.18 bits per heavy atom. The van der Waals surface area contributed by atoms with E-state index >= 15 is 0 Å². The third kappa shape index (κ3) is 6.06. The highest BCUT2D eigenvalue weighted by molar-refractivity contribution is 6.47. The van der Waals surface area contributed by atoms with Crippen LogP contribution in [0.4, 0.5) is 4.79 Å². The number of ether oxygens (including phenoxy) is 1. The van der Waals surface area contributed by atoms with Crippen LogP contribution in [0.5, 0.6) is 0 Å². The molecule has 0 spiro atoms. The number of benzene rings is 1. The van der Waals surface area contributed by atoms with Gasteiger partial charge in [0.25, 0.3) is 0 Å². The van der Waals surface area contributed by atoms with E-state index in [2.05, 4.69) is 16.5 Å². The van der Waals surface area contributed by atoms with Crippen molar-refractivity contribution in [1.29, 1.82) is 0 Å². The van der Waals surface area contributed by atoms with Crippen LogP contribution in [0.15, 0.2) is 42.6 Å². The normalized spacial score (nSPS) is 17.4. The van der Waals surface area contributed by atoms with Crippen LogP contribution in [0.1, 0.15) is 66.8 Å². The first-order valence-electron chi connectivity index (χ1n) is 11.3. The monoisotopic (exact) mass is 453 g/mol. The lowest BCUT2D eigenvalue weighted by Crippen LogP contribution is -2.49. The number of rotatable bonds is 6. The molecule has 3 rings (SSSR count). The number of likely N-dealkylation sites (tertiary alicyclic amines) is 1. The third-order valence-electron chi connectivity index (χ3n) is 6.13. The number of carbonyl (C=O) groups excluding carboxylic acids is 1. The Morgan fingerprint density at radius 2 is 1.82 bits per heavy atom. The van der Waals surface area contributed by atoms with Crippen molar-refractivity contribution < 1.29 is 19.3 Å². The van der Waals surface area contributed by atoms with E-state index in [1.54, 1.807) is 24.9 Å². The number of nitrogens with one attached hydrogen (secondary N) is 1. The van der Waals surface area contributed by atoms with Gasteiger partial charge in [0.15, 0.2) is 0 Å². The first-order chi connectivity index (χ1) is 15.2. The quantitative estimate of drug-likeness (QED) is 0.513. The molecule has 0 saturated carbocycles. The Balaban J connectivity index is 1.71. The maximum absolute atomic E-state index is 12.7. The summed E-state index contributed by atoms with van der Waals surface area (Å²) in [5.74, 6) is 0.717. The van der Waals surface area contributed by atoms with Gasteiger partial charge < -0.3 is 19.5 Å². The fourth-order valence-electron chi connectivity index (χ4n) is 3.43. The molecular formula is C25H36BN3O4. The Labute approximate surface area is 197 Å². The number of hydrogen-bond acceptors (Lipinski definition) is 5. The number of aromatic nitrogens is 2. The van der Waals surface area contributed by atoms with Crippen molar-refractivity contribution in [2.45, 2.75) is 77.7 Å². The standard InChI is InChI=1S/C25H36BN3O4/c1-16-13-20(29(15-16)22(30)32-23(2,3)4)21-27-14-19(28-21)17-9-11-18(12-10-17)26-33-25(7,8)24(5,6)31/h9-12,14,20,26,31H,1,13,15H2,2-8H3,(H,27,28)/t20-/m0/s1. The van der Waals surface area contributed by atoms with Crippen LogP contribution in [0.3, 0.4) is 0 Å². The van der Waals surface area contributed by atoms with Crippen molar-refractivity contribution in [2.75, 3.05) is 6.54 Å². The van der Waals surface area contributed by atoms with E-state index in [0.29, 0.717) is 26.3 Å². The van der Waals surface area contributed by atoms with E-state index in [4.69, 9.17) is 9.39 Å². The van der Waals surface area contributed by atoms with Crippen molar-refractivity contribution in [2.24, 2.45) is 0 Å². The Bertz CT molecular complexity index is 1000. The van der Waals surface area contributed by atoms with Crippen molar-refractivity contribution in [3.05, 3.63) is 48.4 Å². The van der Waals surface area contributed by atoms with Crippen LogP contribution < -0.4 is 5.46 Å². The largest absolute Gasteiger partial charge is 0.444 e. The lowest BCUT2D eigenvalue weighted by molar-refractivity contribution is -0.0893. The van der Waals surface area contributed by atoms with Gasteiger partial charge in [-0.3, -0.25) is 4.90 Å². The van der Waals surface area contributed by atoms with Gasteiger partial charge >= 0.3 is 13.6 Å². The van der Waals surface area contributed by atoms with Gasteiger partial charge in [0, 0.05) is 6.54 Å². The molecule has 1 amide bonds. The second-order valence-corrected chi connectivity index (χ2v) is 10.8. The second kappa shape index (κ2) is 8.99. The lowest BCUT2D eigenvalue weighted by Gasteiger charge is -2.37. The summed E-state index contributed by atoms with van der Waals surface area (Å²) in [6.45, 7) is 17.4. The topological polar surface area (TPSA) is 87.7 Å². The first kappa shape index (κ1) is 25.1. The number of nitrogens with zero attached hydrogens (tertiary/aromatic N) is 2. The zero-order chi connectivity index (χ0) is 24.6. The van der Waals surface area contributed by atoms with E-state index in [-0.39, 0.29) is 12.1 Å². The predicted molar refractivity (Wildman–Crippen MR) is 132 cm³/mol.